The number of amides is 3. The van der Waals surface area contributed by atoms with Crippen molar-refractivity contribution in [2.45, 2.75) is 70.8 Å². The van der Waals surface area contributed by atoms with Crippen LogP contribution in [0.2, 0.25) is 0 Å². The summed E-state index contributed by atoms with van der Waals surface area (Å²) in [6, 6.07) is -4.19. The fourth-order valence-corrected chi connectivity index (χ4v) is 2.83. The first-order valence-corrected chi connectivity index (χ1v) is 10.9. The predicted molar refractivity (Wildman–Crippen MR) is 111 cm³/mol. The summed E-state index contributed by atoms with van der Waals surface area (Å²) >= 11 is 1.47. The number of aliphatic hydroxyl groups is 1. The average Bonchev–Trinajstić information content (AvgIpc) is 2.62. The number of thioether (sulfide) groups is 1. The van der Waals surface area contributed by atoms with Gasteiger partial charge in [0, 0.05) is 0 Å². The van der Waals surface area contributed by atoms with E-state index in [0.29, 0.717) is 12.2 Å². The molecule has 0 heterocycles. The molecule has 0 saturated heterocycles. The van der Waals surface area contributed by atoms with Gasteiger partial charge in [-0.05, 0) is 44.6 Å². The van der Waals surface area contributed by atoms with Gasteiger partial charge in [-0.3, -0.25) is 14.4 Å². The van der Waals surface area contributed by atoms with Gasteiger partial charge in [0.1, 0.15) is 24.2 Å². The van der Waals surface area contributed by atoms with Gasteiger partial charge < -0.3 is 31.9 Å². The van der Waals surface area contributed by atoms with Crippen LogP contribution in [0.3, 0.4) is 0 Å². The van der Waals surface area contributed by atoms with Crippen molar-refractivity contribution < 1.29 is 29.4 Å². The maximum Gasteiger partial charge on any atom is 0.326 e. The molecular formula is C18H34N4O6S. The SMILES string of the molecule is CSCCC(NC(=O)C(CC(C)C)NC(=O)C(C)NC(=O)C(N)C(C)O)C(=O)O. The summed E-state index contributed by atoms with van der Waals surface area (Å²) in [7, 11) is 0. The molecule has 7 N–H and O–H groups in total. The van der Waals surface area contributed by atoms with Crippen LogP contribution >= 0.6 is 11.8 Å². The van der Waals surface area contributed by atoms with Crippen molar-refractivity contribution in [1.82, 2.24) is 16.0 Å². The maximum absolute atomic E-state index is 12.6. The summed E-state index contributed by atoms with van der Waals surface area (Å²) in [5.74, 6) is -2.45. The zero-order valence-corrected chi connectivity index (χ0v) is 18.4. The van der Waals surface area contributed by atoms with Gasteiger partial charge in [0.05, 0.1) is 6.10 Å². The summed E-state index contributed by atoms with van der Waals surface area (Å²) in [4.78, 5) is 48.3. The Labute approximate surface area is 175 Å². The smallest absolute Gasteiger partial charge is 0.326 e. The molecular weight excluding hydrogens is 400 g/mol. The number of carboxylic acids is 1. The Morgan fingerprint density at radius 2 is 1.48 bits per heavy atom. The van der Waals surface area contributed by atoms with E-state index in [-0.39, 0.29) is 12.3 Å². The number of carbonyl (C=O) groups excluding carboxylic acids is 3. The zero-order chi connectivity index (χ0) is 22.7. The number of nitrogens with two attached hydrogens (primary N) is 1. The molecule has 0 aromatic rings. The van der Waals surface area contributed by atoms with Gasteiger partial charge >= 0.3 is 5.97 Å². The molecule has 29 heavy (non-hydrogen) atoms. The van der Waals surface area contributed by atoms with Crippen molar-refractivity contribution in [2.75, 3.05) is 12.0 Å². The number of hydrogen-bond donors (Lipinski definition) is 6. The molecule has 0 aromatic carbocycles. The van der Waals surface area contributed by atoms with Crippen LogP contribution in [0.1, 0.15) is 40.5 Å². The Morgan fingerprint density at radius 1 is 0.931 bits per heavy atom. The Kier molecular flexibility index (Phi) is 12.5. The molecule has 0 aromatic heterocycles. The molecule has 0 aliphatic rings. The lowest BCUT2D eigenvalue weighted by Crippen LogP contribution is -2.57. The van der Waals surface area contributed by atoms with Gasteiger partial charge in [0.2, 0.25) is 17.7 Å². The molecule has 10 nitrogen and oxygen atoms in total. The number of aliphatic carboxylic acids is 1. The summed E-state index contributed by atoms with van der Waals surface area (Å²) in [5, 5.41) is 26.1. The normalized spacial score (nSPS) is 16.3. The number of nitrogens with one attached hydrogen (secondary N) is 3. The van der Waals surface area contributed by atoms with Crippen LogP contribution in [0.4, 0.5) is 0 Å². The molecule has 0 aliphatic carbocycles. The zero-order valence-electron chi connectivity index (χ0n) is 17.6. The summed E-state index contributed by atoms with van der Waals surface area (Å²) in [6.45, 7) is 6.50. The molecule has 0 aliphatic heterocycles. The van der Waals surface area contributed by atoms with E-state index in [1.807, 2.05) is 20.1 Å². The number of aliphatic hydroxyl groups excluding tert-OH is 1. The quantitative estimate of drug-likeness (QED) is 0.215. The van der Waals surface area contributed by atoms with Crippen LogP contribution in [0.5, 0.6) is 0 Å². The average molecular weight is 435 g/mol. The molecule has 5 atom stereocenters. The molecule has 0 fully saturated rings. The van der Waals surface area contributed by atoms with E-state index in [1.54, 1.807) is 0 Å². The Bertz CT molecular complexity index is 573. The van der Waals surface area contributed by atoms with Crippen molar-refractivity contribution in [1.29, 1.82) is 0 Å². The number of carboxylic acid groups (broad SMARTS) is 1. The van der Waals surface area contributed by atoms with E-state index in [0.717, 1.165) is 0 Å². The van der Waals surface area contributed by atoms with E-state index in [9.17, 15) is 29.4 Å². The molecule has 0 spiro atoms. The molecule has 11 heteroatoms. The molecule has 0 radical (unpaired) electrons. The molecule has 3 amide bonds. The van der Waals surface area contributed by atoms with Crippen molar-refractivity contribution in [2.24, 2.45) is 11.7 Å². The van der Waals surface area contributed by atoms with Crippen molar-refractivity contribution in [3.8, 4) is 0 Å². The minimum Gasteiger partial charge on any atom is -0.480 e. The van der Waals surface area contributed by atoms with Gasteiger partial charge in [0.15, 0.2) is 0 Å². The number of rotatable bonds is 13. The fraction of sp³-hybridized carbons (Fsp3) is 0.778. The maximum atomic E-state index is 12.6. The van der Waals surface area contributed by atoms with E-state index in [4.69, 9.17) is 5.73 Å². The van der Waals surface area contributed by atoms with E-state index in [2.05, 4.69) is 16.0 Å². The first-order valence-electron chi connectivity index (χ1n) is 9.47. The third-order valence-electron chi connectivity index (χ3n) is 4.14. The van der Waals surface area contributed by atoms with Crippen molar-refractivity contribution in [3.05, 3.63) is 0 Å². The summed E-state index contributed by atoms with van der Waals surface area (Å²) in [5.41, 5.74) is 5.53. The lowest BCUT2D eigenvalue weighted by molar-refractivity contribution is -0.142. The van der Waals surface area contributed by atoms with Crippen LogP contribution in [0, 0.1) is 5.92 Å². The Hall–Kier alpha value is -1.85. The lowest BCUT2D eigenvalue weighted by atomic mass is 10.0. The van der Waals surface area contributed by atoms with Crippen molar-refractivity contribution in [3.63, 3.8) is 0 Å². The molecule has 0 rings (SSSR count). The lowest BCUT2D eigenvalue weighted by Gasteiger charge is -2.25. The van der Waals surface area contributed by atoms with Gasteiger partial charge in [-0.25, -0.2) is 4.79 Å². The number of carbonyl (C=O) groups is 4. The summed E-state index contributed by atoms with van der Waals surface area (Å²) < 4.78 is 0. The summed E-state index contributed by atoms with van der Waals surface area (Å²) in [6.07, 6.45) is 1.30. The van der Waals surface area contributed by atoms with E-state index < -0.39 is 54.0 Å². The minimum absolute atomic E-state index is 0.0501. The number of hydrogen-bond acceptors (Lipinski definition) is 7. The highest BCUT2D eigenvalue weighted by molar-refractivity contribution is 7.98. The predicted octanol–water partition coefficient (Wildman–Crippen LogP) is -0.947. The second kappa shape index (κ2) is 13.4. The molecule has 168 valence electrons. The van der Waals surface area contributed by atoms with Gasteiger partial charge in [-0.2, -0.15) is 11.8 Å². The topological polar surface area (TPSA) is 171 Å². The van der Waals surface area contributed by atoms with E-state index >= 15 is 0 Å². The van der Waals surface area contributed by atoms with Crippen LogP contribution in [-0.2, 0) is 19.2 Å². The van der Waals surface area contributed by atoms with Crippen molar-refractivity contribution >= 4 is 35.5 Å². The largest absolute Gasteiger partial charge is 0.480 e. The second-order valence-electron chi connectivity index (χ2n) is 7.37. The van der Waals surface area contributed by atoms with Gasteiger partial charge in [-0.15, -0.1) is 0 Å². The minimum atomic E-state index is -1.19. The van der Waals surface area contributed by atoms with Gasteiger partial charge in [-0.1, -0.05) is 13.8 Å². The standard InChI is InChI=1S/C18H34N4O6S/c1-9(2)8-13(16(25)21-12(18(27)28)6-7-29-5)22-15(24)10(3)20-17(26)14(19)11(4)23/h9-14,23H,6-8,19H2,1-5H3,(H,20,26)(H,21,25)(H,22,24)(H,27,28). The van der Waals surface area contributed by atoms with Crippen LogP contribution in [0.25, 0.3) is 0 Å². The highest BCUT2D eigenvalue weighted by Crippen LogP contribution is 2.08. The second-order valence-corrected chi connectivity index (χ2v) is 8.35. The third-order valence-corrected chi connectivity index (χ3v) is 4.78. The monoisotopic (exact) mass is 434 g/mol. The van der Waals surface area contributed by atoms with E-state index in [1.165, 1.54) is 25.6 Å². The highest BCUT2D eigenvalue weighted by atomic mass is 32.2. The molecule has 0 bridgehead atoms. The first kappa shape index (κ1) is 27.1. The van der Waals surface area contributed by atoms with Crippen LogP contribution in [-0.4, -0.2) is 76.2 Å². The first-order chi connectivity index (χ1) is 13.4. The Balaban J connectivity index is 5.08. The third kappa shape index (κ3) is 10.5. The fourth-order valence-electron chi connectivity index (χ4n) is 2.36. The van der Waals surface area contributed by atoms with Gasteiger partial charge in [0.25, 0.3) is 0 Å². The van der Waals surface area contributed by atoms with Crippen LogP contribution in [0.15, 0.2) is 0 Å². The molecule has 5 unspecified atom stereocenters. The molecule has 0 saturated carbocycles. The Morgan fingerprint density at radius 3 is 1.93 bits per heavy atom. The van der Waals surface area contributed by atoms with Crippen LogP contribution < -0.4 is 21.7 Å². The highest BCUT2D eigenvalue weighted by Gasteiger charge is 2.29.